The van der Waals surface area contributed by atoms with Crippen LogP contribution in [0.15, 0.2) is 79.5 Å². The summed E-state index contributed by atoms with van der Waals surface area (Å²) in [6, 6.07) is 13.7. The van der Waals surface area contributed by atoms with Gasteiger partial charge in [-0.1, -0.05) is 18.2 Å². The number of pyridine rings is 1. The van der Waals surface area contributed by atoms with Gasteiger partial charge >= 0.3 is 0 Å². The van der Waals surface area contributed by atoms with Crippen LogP contribution in [0.5, 0.6) is 0 Å². The molecule has 0 saturated carbocycles. The van der Waals surface area contributed by atoms with Gasteiger partial charge in [0.2, 0.25) is 0 Å². The highest BCUT2D eigenvalue weighted by Crippen LogP contribution is 2.24. The molecule has 3 aromatic heterocycles. The summed E-state index contributed by atoms with van der Waals surface area (Å²) in [6.07, 6.45) is 12.0. The van der Waals surface area contributed by atoms with Crippen molar-refractivity contribution in [2.75, 3.05) is 0 Å². The van der Waals surface area contributed by atoms with Gasteiger partial charge in [-0.3, -0.25) is 14.5 Å². The van der Waals surface area contributed by atoms with E-state index in [1.807, 2.05) is 53.3 Å². The van der Waals surface area contributed by atoms with Crippen molar-refractivity contribution in [3.05, 3.63) is 90.7 Å². The minimum atomic E-state index is -0.101. The lowest BCUT2D eigenvalue weighted by Gasteiger charge is -2.00. The second-order valence-electron chi connectivity index (χ2n) is 6.05. The third-order valence-electron chi connectivity index (χ3n) is 4.12. The number of aryl methyl sites for hydroxylation is 1. The first-order chi connectivity index (χ1) is 13.2. The SMILES string of the molecule is Cn1cc(C(=O)/C=C\c2cn(-c3ccccc3)nc2-c2ccncc2)cn1. The van der Waals surface area contributed by atoms with E-state index >= 15 is 0 Å². The van der Waals surface area contributed by atoms with E-state index in [0.717, 1.165) is 22.5 Å². The summed E-state index contributed by atoms with van der Waals surface area (Å²) >= 11 is 0. The van der Waals surface area contributed by atoms with E-state index in [2.05, 4.69) is 10.1 Å². The Balaban J connectivity index is 1.73. The van der Waals surface area contributed by atoms with Crippen molar-refractivity contribution in [3.8, 4) is 16.9 Å². The third-order valence-corrected chi connectivity index (χ3v) is 4.12. The highest BCUT2D eigenvalue weighted by atomic mass is 16.1. The molecule has 4 aromatic rings. The Morgan fingerprint density at radius 3 is 2.52 bits per heavy atom. The highest BCUT2D eigenvalue weighted by Gasteiger charge is 2.11. The molecular formula is C21H17N5O. The molecule has 0 bridgehead atoms. The molecule has 0 spiro atoms. The molecule has 0 atom stereocenters. The van der Waals surface area contributed by atoms with E-state index in [-0.39, 0.29) is 5.78 Å². The summed E-state index contributed by atoms with van der Waals surface area (Å²) in [5.74, 6) is -0.101. The Hall–Kier alpha value is -3.80. The number of benzene rings is 1. The summed E-state index contributed by atoms with van der Waals surface area (Å²) in [5.41, 5.74) is 4.08. The molecule has 0 aliphatic rings. The zero-order valence-corrected chi connectivity index (χ0v) is 14.7. The molecule has 0 saturated heterocycles. The lowest BCUT2D eigenvalue weighted by molar-refractivity contribution is 0.104. The van der Waals surface area contributed by atoms with Gasteiger partial charge in [-0.15, -0.1) is 0 Å². The number of allylic oxidation sites excluding steroid dienone is 1. The van der Waals surface area contributed by atoms with Crippen LogP contribution in [0.25, 0.3) is 23.0 Å². The van der Waals surface area contributed by atoms with Crippen LogP contribution in [-0.4, -0.2) is 30.3 Å². The Morgan fingerprint density at radius 2 is 1.81 bits per heavy atom. The van der Waals surface area contributed by atoms with Crippen LogP contribution in [0, 0.1) is 0 Å². The summed E-state index contributed by atoms with van der Waals surface area (Å²) < 4.78 is 3.42. The molecule has 1 aromatic carbocycles. The van der Waals surface area contributed by atoms with Crippen molar-refractivity contribution in [3.63, 3.8) is 0 Å². The molecule has 27 heavy (non-hydrogen) atoms. The van der Waals surface area contributed by atoms with Gasteiger partial charge in [0, 0.05) is 43.0 Å². The number of rotatable bonds is 5. The summed E-state index contributed by atoms with van der Waals surface area (Å²) in [7, 11) is 1.78. The van der Waals surface area contributed by atoms with Gasteiger partial charge < -0.3 is 0 Å². The third kappa shape index (κ3) is 3.59. The normalized spacial score (nSPS) is 11.1. The lowest BCUT2D eigenvalue weighted by atomic mass is 10.1. The molecule has 6 nitrogen and oxygen atoms in total. The maximum Gasteiger partial charge on any atom is 0.189 e. The predicted octanol–water partition coefficient (Wildman–Crippen LogP) is 3.56. The Morgan fingerprint density at radius 1 is 1.04 bits per heavy atom. The van der Waals surface area contributed by atoms with Crippen LogP contribution in [0.3, 0.4) is 0 Å². The number of hydrogen-bond donors (Lipinski definition) is 0. The Labute approximate surface area is 156 Å². The van der Waals surface area contributed by atoms with Crippen molar-refractivity contribution >= 4 is 11.9 Å². The lowest BCUT2D eigenvalue weighted by Crippen LogP contribution is -1.93. The molecule has 4 rings (SSSR count). The van der Waals surface area contributed by atoms with E-state index in [1.165, 1.54) is 0 Å². The molecule has 3 heterocycles. The smallest absolute Gasteiger partial charge is 0.189 e. The first-order valence-corrected chi connectivity index (χ1v) is 8.47. The fourth-order valence-corrected chi connectivity index (χ4v) is 2.77. The monoisotopic (exact) mass is 355 g/mol. The van der Waals surface area contributed by atoms with Gasteiger partial charge in [0.15, 0.2) is 5.78 Å². The summed E-state index contributed by atoms with van der Waals surface area (Å²) in [5, 5.41) is 8.76. The number of carbonyl (C=O) groups excluding carboxylic acids is 1. The van der Waals surface area contributed by atoms with Crippen LogP contribution in [0.4, 0.5) is 0 Å². The molecule has 0 aliphatic heterocycles. The van der Waals surface area contributed by atoms with Gasteiger partial charge in [0.25, 0.3) is 0 Å². The second kappa shape index (κ2) is 7.21. The zero-order valence-electron chi connectivity index (χ0n) is 14.7. The Bertz CT molecular complexity index is 1090. The number of nitrogens with zero attached hydrogens (tertiary/aromatic N) is 5. The summed E-state index contributed by atoms with van der Waals surface area (Å²) in [4.78, 5) is 16.4. The number of para-hydroxylation sites is 1. The minimum absolute atomic E-state index is 0.101. The number of aromatic nitrogens is 5. The molecule has 0 aliphatic carbocycles. The van der Waals surface area contributed by atoms with Crippen molar-refractivity contribution in [1.82, 2.24) is 24.5 Å². The maximum absolute atomic E-state index is 12.4. The van der Waals surface area contributed by atoms with Crippen molar-refractivity contribution < 1.29 is 4.79 Å². The van der Waals surface area contributed by atoms with E-state index in [9.17, 15) is 4.79 Å². The van der Waals surface area contributed by atoms with Gasteiger partial charge in [-0.25, -0.2) is 4.68 Å². The van der Waals surface area contributed by atoms with Crippen molar-refractivity contribution in [2.45, 2.75) is 0 Å². The molecule has 0 unspecified atom stereocenters. The first kappa shape index (κ1) is 16.7. The van der Waals surface area contributed by atoms with E-state index in [0.29, 0.717) is 5.56 Å². The Kier molecular flexibility index (Phi) is 4.45. The van der Waals surface area contributed by atoms with Crippen LogP contribution < -0.4 is 0 Å². The van der Waals surface area contributed by atoms with Crippen LogP contribution in [-0.2, 0) is 7.05 Å². The van der Waals surface area contributed by atoms with E-state index in [1.54, 1.807) is 48.7 Å². The van der Waals surface area contributed by atoms with E-state index in [4.69, 9.17) is 5.10 Å². The summed E-state index contributed by atoms with van der Waals surface area (Å²) in [6.45, 7) is 0. The fraction of sp³-hybridized carbons (Fsp3) is 0.0476. The maximum atomic E-state index is 12.4. The zero-order chi connectivity index (χ0) is 18.6. The molecular weight excluding hydrogens is 338 g/mol. The number of hydrogen-bond acceptors (Lipinski definition) is 4. The van der Waals surface area contributed by atoms with Crippen LogP contribution in [0.2, 0.25) is 0 Å². The first-order valence-electron chi connectivity index (χ1n) is 8.47. The van der Waals surface area contributed by atoms with Gasteiger partial charge in [-0.05, 0) is 36.4 Å². The molecule has 0 fully saturated rings. The molecule has 0 N–H and O–H groups in total. The topological polar surface area (TPSA) is 65.6 Å². The van der Waals surface area contributed by atoms with Gasteiger partial charge in [0.05, 0.1) is 17.4 Å². The minimum Gasteiger partial charge on any atom is -0.289 e. The molecule has 0 radical (unpaired) electrons. The quantitative estimate of drug-likeness (QED) is 0.405. The molecule has 0 amide bonds. The van der Waals surface area contributed by atoms with Crippen molar-refractivity contribution in [1.29, 1.82) is 0 Å². The second-order valence-corrected chi connectivity index (χ2v) is 6.05. The van der Waals surface area contributed by atoms with Gasteiger partial charge in [0.1, 0.15) is 5.69 Å². The van der Waals surface area contributed by atoms with Crippen LogP contribution in [0.1, 0.15) is 15.9 Å². The fourth-order valence-electron chi connectivity index (χ4n) is 2.77. The predicted molar refractivity (Wildman–Crippen MR) is 103 cm³/mol. The number of carbonyl (C=O) groups is 1. The van der Waals surface area contributed by atoms with Crippen LogP contribution >= 0.6 is 0 Å². The van der Waals surface area contributed by atoms with Gasteiger partial charge in [-0.2, -0.15) is 10.2 Å². The average molecular weight is 355 g/mol. The molecule has 132 valence electrons. The van der Waals surface area contributed by atoms with E-state index < -0.39 is 0 Å². The largest absolute Gasteiger partial charge is 0.289 e. The number of ketones is 1. The highest BCUT2D eigenvalue weighted by molar-refractivity contribution is 6.06. The average Bonchev–Trinajstić information content (AvgIpc) is 3.34. The molecule has 6 heteroatoms. The van der Waals surface area contributed by atoms with Crippen molar-refractivity contribution in [2.24, 2.45) is 7.05 Å². The standard InChI is InChI=1S/C21H17N5O/c1-25-14-18(13-23-25)20(27)8-7-17-15-26(19-5-3-2-4-6-19)24-21(17)16-9-11-22-12-10-16/h2-15H,1H3/b8-7-.